The van der Waals surface area contributed by atoms with Crippen molar-refractivity contribution in [3.63, 3.8) is 0 Å². The van der Waals surface area contributed by atoms with Crippen molar-refractivity contribution in [3.05, 3.63) is 48.0 Å². The number of esters is 1. The first-order valence-electron chi connectivity index (χ1n) is 9.34. The molecule has 30 heavy (non-hydrogen) atoms. The van der Waals surface area contributed by atoms with Crippen molar-refractivity contribution in [1.82, 2.24) is 0 Å². The van der Waals surface area contributed by atoms with Crippen molar-refractivity contribution in [1.29, 1.82) is 0 Å². The molecule has 0 saturated carbocycles. The molecule has 2 rings (SSSR count). The van der Waals surface area contributed by atoms with Crippen LogP contribution in [0.15, 0.2) is 42.5 Å². The summed E-state index contributed by atoms with van der Waals surface area (Å²) in [4.78, 5) is 34.6. The third-order valence-electron chi connectivity index (χ3n) is 4.10. The van der Waals surface area contributed by atoms with E-state index in [0.29, 0.717) is 41.5 Å². The van der Waals surface area contributed by atoms with Gasteiger partial charge in [-0.05, 0) is 55.8 Å². The van der Waals surface area contributed by atoms with E-state index < -0.39 is 5.97 Å². The van der Waals surface area contributed by atoms with Crippen LogP contribution in [-0.2, 0) is 14.3 Å². The largest absolute Gasteiger partial charge is 0.493 e. The Morgan fingerprint density at radius 3 is 2.30 bits per heavy atom. The topological polar surface area (TPSA) is 100 Å². The normalized spacial score (nSPS) is 10.1. The first-order valence-corrected chi connectivity index (χ1v) is 9.34. The van der Waals surface area contributed by atoms with Crippen molar-refractivity contribution < 1.29 is 33.3 Å². The third-order valence-corrected chi connectivity index (χ3v) is 4.10. The highest BCUT2D eigenvalue weighted by Gasteiger charge is 2.09. The van der Waals surface area contributed by atoms with Crippen LogP contribution in [0.4, 0.5) is 5.69 Å². The maximum absolute atomic E-state index is 12.1. The van der Waals surface area contributed by atoms with Crippen molar-refractivity contribution in [3.8, 4) is 17.2 Å². The van der Waals surface area contributed by atoms with Gasteiger partial charge in [0.25, 0.3) is 0 Å². The fourth-order valence-corrected chi connectivity index (χ4v) is 2.48. The molecule has 8 nitrogen and oxygen atoms in total. The van der Waals surface area contributed by atoms with Crippen LogP contribution in [0.2, 0.25) is 0 Å². The smallest absolute Gasteiger partial charge is 0.343 e. The summed E-state index contributed by atoms with van der Waals surface area (Å²) >= 11 is 0. The number of hydrogen-bond donors (Lipinski definition) is 1. The fraction of sp³-hybridized carbons (Fsp3) is 0.318. The van der Waals surface area contributed by atoms with Crippen LogP contribution in [0.1, 0.15) is 30.1 Å². The average molecular weight is 415 g/mol. The number of Topliss-reactive ketones (excluding diaryl/α,β-unsaturated/α-hetero) is 1. The summed E-state index contributed by atoms with van der Waals surface area (Å²) in [6.45, 7) is 1.63. The van der Waals surface area contributed by atoms with Crippen LogP contribution in [-0.4, -0.2) is 45.1 Å². The number of carbonyl (C=O) groups excluding carboxylic acids is 3. The van der Waals surface area contributed by atoms with Crippen LogP contribution < -0.4 is 19.5 Å². The molecule has 0 fully saturated rings. The number of nitrogens with one attached hydrogen (secondary N) is 1. The van der Waals surface area contributed by atoms with Gasteiger partial charge in [-0.3, -0.25) is 9.59 Å². The van der Waals surface area contributed by atoms with Crippen molar-refractivity contribution in [2.45, 2.75) is 19.8 Å². The zero-order valence-electron chi connectivity index (χ0n) is 17.2. The minimum atomic E-state index is -0.470. The monoisotopic (exact) mass is 415 g/mol. The zero-order chi connectivity index (χ0) is 21.9. The average Bonchev–Trinajstić information content (AvgIpc) is 2.75. The Morgan fingerprint density at radius 2 is 1.67 bits per heavy atom. The quantitative estimate of drug-likeness (QED) is 0.342. The van der Waals surface area contributed by atoms with E-state index in [9.17, 15) is 14.4 Å². The molecule has 0 aliphatic carbocycles. The van der Waals surface area contributed by atoms with Gasteiger partial charge in [-0.2, -0.15) is 0 Å². The van der Waals surface area contributed by atoms with Crippen LogP contribution in [0.5, 0.6) is 17.2 Å². The summed E-state index contributed by atoms with van der Waals surface area (Å²) in [5, 5.41) is 2.78. The maximum atomic E-state index is 12.1. The highest BCUT2D eigenvalue weighted by atomic mass is 16.6. The van der Waals surface area contributed by atoms with Crippen molar-refractivity contribution in [2.24, 2.45) is 0 Å². The lowest BCUT2D eigenvalue weighted by Gasteiger charge is -2.11. The van der Waals surface area contributed by atoms with Gasteiger partial charge in [0.1, 0.15) is 5.75 Å². The number of rotatable bonds is 11. The number of hydrogen-bond acceptors (Lipinski definition) is 7. The minimum absolute atomic E-state index is 0.0559. The summed E-state index contributed by atoms with van der Waals surface area (Å²) < 4.78 is 20.7. The molecule has 0 spiro atoms. The van der Waals surface area contributed by atoms with Crippen LogP contribution in [0, 0.1) is 0 Å². The van der Waals surface area contributed by atoms with Gasteiger partial charge in [-0.1, -0.05) is 0 Å². The Bertz CT molecular complexity index is 878. The Balaban J connectivity index is 1.75. The highest BCUT2D eigenvalue weighted by molar-refractivity contribution is 5.94. The van der Waals surface area contributed by atoms with E-state index in [1.54, 1.807) is 42.5 Å². The summed E-state index contributed by atoms with van der Waals surface area (Å²) in [5.41, 5.74) is 1.16. The number of anilines is 1. The molecule has 1 amide bonds. The number of amides is 1. The molecule has 0 aliphatic rings. The first-order chi connectivity index (χ1) is 14.4. The molecule has 0 saturated heterocycles. The Hall–Kier alpha value is -3.55. The summed E-state index contributed by atoms with van der Waals surface area (Å²) in [6.07, 6.45) is 0.776. The van der Waals surface area contributed by atoms with Gasteiger partial charge in [0.15, 0.2) is 23.9 Å². The zero-order valence-corrected chi connectivity index (χ0v) is 17.2. The molecule has 160 valence electrons. The molecular weight excluding hydrogens is 390 g/mol. The molecule has 0 heterocycles. The van der Waals surface area contributed by atoms with Gasteiger partial charge in [-0.25, -0.2) is 4.79 Å². The van der Waals surface area contributed by atoms with E-state index in [2.05, 4.69) is 10.1 Å². The van der Waals surface area contributed by atoms with Gasteiger partial charge in [-0.15, -0.1) is 0 Å². The van der Waals surface area contributed by atoms with E-state index in [4.69, 9.17) is 14.2 Å². The number of methoxy groups -OCH3 is 2. The van der Waals surface area contributed by atoms with Crippen molar-refractivity contribution in [2.75, 3.05) is 32.8 Å². The molecule has 0 radical (unpaired) electrons. The second kappa shape index (κ2) is 11.5. The molecule has 0 aromatic heterocycles. The van der Waals surface area contributed by atoms with Crippen LogP contribution in [0.3, 0.4) is 0 Å². The van der Waals surface area contributed by atoms with E-state index in [1.807, 2.05) is 0 Å². The van der Waals surface area contributed by atoms with Crippen LogP contribution >= 0.6 is 0 Å². The SMILES string of the molecule is COC(=O)COc1ccc(NC(=O)CCCOc2ccc(C(C)=O)cc2OC)cc1. The van der Waals surface area contributed by atoms with Gasteiger partial charge in [0.05, 0.1) is 20.8 Å². The summed E-state index contributed by atoms with van der Waals surface area (Å²) in [7, 11) is 2.79. The number of benzene rings is 2. The fourth-order valence-electron chi connectivity index (χ4n) is 2.48. The molecule has 0 unspecified atom stereocenters. The Morgan fingerprint density at radius 1 is 0.933 bits per heavy atom. The molecular formula is C22H25NO7. The predicted molar refractivity (Wildman–Crippen MR) is 110 cm³/mol. The lowest BCUT2D eigenvalue weighted by molar-refractivity contribution is -0.142. The summed E-state index contributed by atoms with van der Waals surface area (Å²) in [6, 6.07) is 11.6. The van der Waals surface area contributed by atoms with Gasteiger partial charge in [0, 0.05) is 17.7 Å². The molecule has 0 aliphatic heterocycles. The number of ketones is 1. The van der Waals surface area contributed by atoms with E-state index in [-0.39, 0.29) is 24.7 Å². The third kappa shape index (κ3) is 7.12. The predicted octanol–water partition coefficient (Wildman–Crippen LogP) is 3.25. The molecule has 0 bridgehead atoms. The molecule has 2 aromatic carbocycles. The molecule has 2 aromatic rings. The lowest BCUT2D eigenvalue weighted by Crippen LogP contribution is -2.13. The van der Waals surface area contributed by atoms with E-state index in [1.165, 1.54) is 21.1 Å². The summed E-state index contributed by atoms with van der Waals surface area (Å²) in [5.74, 6) is 0.811. The maximum Gasteiger partial charge on any atom is 0.343 e. The van der Waals surface area contributed by atoms with Gasteiger partial charge >= 0.3 is 5.97 Å². The minimum Gasteiger partial charge on any atom is -0.493 e. The highest BCUT2D eigenvalue weighted by Crippen LogP contribution is 2.28. The number of carbonyl (C=O) groups is 3. The Kier molecular flexibility index (Phi) is 8.68. The molecule has 1 N–H and O–H groups in total. The lowest BCUT2D eigenvalue weighted by atomic mass is 10.1. The first kappa shape index (κ1) is 22.7. The molecule has 0 atom stereocenters. The Labute approximate surface area is 175 Å². The standard InChI is InChI=1S/C22H25NO7/c1-15(24)16-6-11-19(20(13-16)27-2)29-12-4-5-21(25)23-17-7-9-18(10-8-17)30-14-22(26)28-3/h6-11,13H,4-5,12,14H2,1-3H3,(H,23,25). The van der Waals surface area contributed by atoms with Gasteiger partial charge < -0.3 is 24.3 Å². The van der Waals surface area contributed by atoms with Gasteiger partial charge in [0.2, 0.25) is 5.91 Å². The van der Waals surface area contributed by atoms with E-state index in [0.717, 1.165) is 0 Å². The second-order valence-corrected chi connectivity index (χ2v) is 6.31. The van der Waals surface area contributed by atoms with E-state index >= 15 is 0 Å². The van der Waals surface area contributed by atoms with Crippen molar-refractivity contribution >= 4 is 23.3 Å². The number of ether oxygens (including phenoxy) is 4. The van der Waals surface area contributed by atoms with Crippen LogP contribution in [0.25, 0.3) is 0 Å². The molecule has 8 heteroatoms. The second-order valence-electron chi connectivity index (χ2n) is 6.31.